The number of aromatic nitrogens is 3. The third-order valence-corrected chi connectivity index (χ3v) is 5.33. The minimum absolute atomic E-state index is 0.155. The summed E-state index contributed by atoms with van der Waals surface area (Å²) in [5.74, 6) is 0.245. The van der Waals surface area contributed by atoms with Gasteiger partial charge in [0.15, 0.2) is 11.0 Å². The molecule has 0 aliphatic rings. The smallest absolute Gasteiger partial charge is 0.296 e. The summed E-state index contributed by atoms with van der Waals surface area (Å²) in [6, 6.07) is 16.0. The Hall–Kier alpha value is -2.99. The van der Waals surface area contributed by atoms with Crippen molar-refractivity contribution in [1.82, 2.24) is 14.5 Å². The average Bonchev–Trinajstić information content (AvgIpc) is 3.27. The van der Waals surface area contributed by atoms with Gasteiger partial charge in [-0.15, -0.1) is 0 Å². The Morgan fingerprint density at radius 2 is 1.96 bits per heavy atom. The Morgan fingerprint density at radius 1 is 1.15 bits per heavy atom. The molecule has 2 aromatic heterocycles. The SMILES string of the molecule is Cc1cccc2sc(N(Cc3ccccc3)C(=O)c3nccn3C)nc12. The van der Waals surface area contributed by atoms with Crippen molar-refractivity contribution >= 4 is 32.6 Å². The maximum absolute atomic E-state index is 13.2. The van der Waals surface area contributed by atoms with Crippen molar-refractivity contribution in [3.8, 4) is 0 Å². The number of anilines is 1. The number of carbonyl (C=O) groups is 1. The summed E-state index contributed by atoms with van der Waals surface area (Å²) >= 11 is 1.53. The Labute approximate surface area is 155 Å². The highest BCUT2D eigenvalue weighted by Gasteiger charge is 2.24. The molecule has 0 aliphatic heterocycles. The number of thiazole rings is 1. The molecular formula is C20H18N4OS. The van der Waals surface area contributed by atoms with Crippen LogP contribution >= 0.6 is 11.3 Å². The first kappa shape index (κ1) is 16.5. The highest BCUT2D eigenvalue weighted by molar-refractivity contribution is 7.22. The van der Waals surface area contributed by atoms with E-state index in [0.717, 1.165) is 21.3 Å². The van der Waals surface area contributed by atoms with Crippen molar-refractivity contribution in [2.45, 2.75) is 13.5 Å². The Morgan fingerprint density at radius 3 is 2.65 bits per heavy atom. The zero-order chi connectivity index (χ0) is 18.1. The van der Waals surface area contributed by atoms with Gasteiger partial charge in [0.1, 0.15) is 0 Å². The van der Waals surface area contributed by atoms with Crippen LogP contribution in [0.4, 0.5) is 5.13 Å². The topological polar surface area (TPSA) is 51.0 Å². The largest absolute Gasteiger partial charge is 0.330 e. The molecule has 0 atom stereocenters. The normalized spacial score (nSPS) is 11.0. The van der Waals surface area contributed by atoms with Crippen LogP contribution in [0.1, 0.15) is 21.7 Å². The zero-order valence-corrected chi connectivity index (χ0v) is 15.4. The number of imidazole rings is 1. The van der Waals surface area contributed by atoms with Gasteiger partial charge in [0.05, 0.1) is 16.8 Å². The van der Waals surface area contributed by atoms with Crippen molar-refractivity contribution in [1.29, 1.82) is 0 Å². The van der Waals surface area contributed by atoms with Gasteiger partial charge in [-0.3, -0.25) is 9.69 Å². The van der Waals surface area contributed by atoms with Crippen LogP contribution in [-0.4, -0.2) is 20.4 Å². The van der Waals surface area contributed by atoms with Crippen LogP contribution in [0.25, 0.3) is 10.2 Å². The molecule has 0 fully saturated rings. The van der Waals surface area contributed by atoms with E-state index in [4.69, 9.17) is 4.98 Å². The van der Waals surface area contributed by atoms with E-state index >= 15 is 0 Å². The van der Waals surface area contributed by atoms with Gasteiger partial charge in [0.25, 0.3) is 5.91 Å². The van der Waals surface area contributed by atoms with Crippen molar-refractivity contribution in [2.75, 3.05) is 4.90 Å². The molecule has 0 spiro atoms. The van der Waals surface area contributed by atoms with Crippen LogP contribution in [0.5, 0.6) is 0 Å². The highest BCUT2D eigenvalue weighted by atomic mass is 32.1. The van der Waals surface area contributed by atoms with Crippen LogP contribution in [0, 0.1) is 6.92 Å². The lowest BCUT2D eigenvalue weighted by Gasteiger charge is -2.19. The van der Waals surface area contributed by atoms with E-state index in [2.05, 4.69) is 4.98 Å². The Kier molecular flexibility index (Phi) is 4.26. The predicted octanol–water partition coefficient (Wildman–Crippen LogP) is 4.19. The third-order valence-electron chi connectivity index (χ3n) is 4.28. The van der Waals surface area contributed by atoms with Crippen molar-refractivity contribution in [3.05, 3.63) is 77.9 Å². The summed E-state index contributed by atoms with van der Waals surface area (Å²) in [5.41, 5.74) is 3.10. The summed E-state index contributed by atoms with van der Waals surface area (Å²) in [6.45, 7) is 2.49. The minimum Gasteiger partial charge on any atom is -0.330 e. The van der Waals surface area contributed by atoms with Crippen LogP contribution in [-0.2, 0) is 13.6 Å². The number of aryl methyl sites for hydroxylation is 2. The fourth-order valence-electron chi connectivity index (χ4n) is 2.87. The van der Waals surface area contributed by atoms with Gasteiger partial charge in [-0.1, -0.05) is 53.8 Å². The first-order valence-electron chi connectivity index (χ1n) is 8.33. The van der Waals surface area contributed by atoms with Crippen LogP contribution in [0.15, 0.2) is 60.9 Å². The Balaban J connectivity index is 1.80. The van der Waals surface area contributed by atoms with Crippen molar-refractivity contribution in [2.24, 2.45) is 7.05 Å². The molecule has 0 radical (unpaired) electrons. The maximum atomic E-state index is 13.2. The summed E-state index contributed by atoms with van der Waals surface area (Å²) in [4.78, 5) is 23.9. The second-order valence-electron chi connectivity index (χ2n) is 6.16. The Bertz CT molecular complexity index is 1070. The van der Waals surface area contributed by atoms with E-state index in [1.54, 1.807) is 21.9 Å². The number of rotatable bonds is 4. The molecule has 5 nitrogen and oxygen atoms in total. The van der Waals surface area contributed by atoms with Gasteiger partial charge >= 0.3 is 0 Å². The molecule has 4 aromatic rings. The number of fused-ring (bicyclic) bond motifs is 1. The van der Waals surface area contributed by atoms with E-state index in [1.807, 2.05) is 62.5 Å². The van der Waals surface area contributed by atoms with E-state index in [0.29, 0.717) is 17.5 Å². The second kappa shape index (κ2) is 6.72. The number of hydrogen-bond donors (Lipinski definition) is 0. The summed E-state index contributed by atoms with van der Waals surface area (Å²) in [7, 11) is 1.82. The lowest BCUT2D eigenvalue weighted by atomic mass is 10.2. The number of hydrogen-bond acceptors (Lipinski definition) is 4. The first-order valence-corrected chi connectivity index (χ1v) is 9.14. The first-order chi connectivity index (χ1) is 12.6. The molecule has 2 heterocycles. The van der Waals surface area contributed by atoms with Gasteiger partial charge in [-0.05, 0) is 24.1 Å². The molecule has 6 heteroatoms. The molecule has 0 aliphatic carbocycles. The fraction of sp³-hybridized carbons (Fsp3) is 0.150. The minimum atomic E-state index is -0.155. The number of amides is 1. The molecule has 26 heavy (non-hydrogen) atoms. The summed E-state index contributed by atoms with van der Waals surface area (Å²) in [5, 5.41) is 0.686. The van der Waals surface area contributed by atoms with Crippen LogP contribution in [0.3, 0.4) is 0 Å². The second-order valence-corrected chi connectivity index (χ2v) is 7.17. The van der Waals surface area contributed by atoms with E-state index in [-0.39, 0.29) is 5.91 Å². The van der Waals surface area contributed by atoms with Crippen LogP contribution < -0.4 is 4.90 Å². The molecular weight excluding hydrogens is 344 g/mol. The van der Waals surface area contributed by atoms with Crippen molar-refractivity contribution in [3.63, 3.8) is 0 Å². The van der Waals surface area contributed by atoms with Crippen molar-refractivity contribution < 1.29 is 4.79 Å². The van der Waals surface area contributed by atoms with Gasteiger partial charge < -0.3 is 4.57 Å². The number of nitrogens with zero attached hydrogens (tertiary/aromatic N) is 4. The van der Waals surface area contributed by atoms with Gasteiger partial charge in [0.2, 0.25) is 0 Å². The number of carbonyl (C=O) groups excluding carboxylic acids is 1. The maximum Gasteiger partial charge on any atom is 0.296 e. The van der Waals surface area contributed by atoms with E-state index in [1.165, 1.54) is 11.3 Å². The van der Waals surface area contributed by atoms with Crippen LogP contribution in [0.2, 0.25) is 0 Å². The quantitative estimate of drug-likeness (QED) is 0.547. The van der Waals surface area contributed by atoms with Gasteiger partial charge in [0, 0.05) is 19.4 Å². The van der Waals surface area contributed by atoms with Gasteiger partial charge in [-0.25, -0.2) is 9.97 Å². The molecule has 130 valence electrons. The molecule has 0 bridgehead atoms. The molecule has 1 amide bonds. The molecule has 0 saturated heterocycles. The zero-order valence-electron chi connectivity index (χ0n) is 14.6. The fourth-order valence-corrected chi connectivity index (χ4v) is 3.92. The molecule has 2 aromatic carbocycles. The molecule has 4 rings (SSSR count). The van der Waals surface area contributed by atoms with Gasteiger partial charge in [-0.2, -0.15) is 0 Å². The van der Waals surface area contributed by atoms with E-state index in [9.17, 15) is 4.79 Å². The monoisotopic (exact) mass is 362 g/mol. The number of para-hydroxylation sites is 1. The third kappa shape index (κ3) is 2.99. The van der Waals surface area contributed by atoms with E-state index < -0.39 is 0 Å². The lowest BCUT2D eigenvalue weighted by molar-refractivity contribution is 0.0972. The molecule has 0 N–H and O–H groups in total. The standard InChI is InChI=1S/C20H18N4OS/c1-14-7-6-10-16-17(14)22-20(26-16)24(13-15-8-4-3-5-9-15)19(25)18-21-11-12-23(18)2/h3-12H,13H2,1-2H3. The molecule has 0 saturated carbocycles. The highest BCUT2D eigenvalue weighted by Crippen LogP contribution is 2.32. The predicted molar refractivity (Wildman–Crippen MR) is 105 cm³/mol. The summed E-state index contributed by atoms with van der Waals surface area (Å²) < 4.78 is 2.81. The average molecular weight is 362 g/mol. The number of benzene rings is 2. The molecule has 0 unspecified atom stereocenters. The summed E-state index contributed by atoms with van der Waals surface area (Å²) in [6.07, 6.45) is 3.41. The lowest BCUT2D eigenvalue weighted by Crippen LogP contribution is -2.32.